The Morgan fingerprint density at radius 3 is 2.07 bits per heavy atom. The number of guanidine groups is 1. The molecule has 0 fully saturated rings. The summed E-state index contributed by atoms with van der Waals surface area (Å²) >= 11 is 0. The number of hydrogen-bond donors (Lipinski definition) is 5. The van der Waals surface area contributed by atoms with E-state index in [0.29, 0.717) is 0 Å². The fourth-order valence-electron chi connectivity index (χ4n) is 0.414. The molecular weight excluding hydrogens is 212 g/mol. The summed E-state index contributed by atoms with van der Waals surface area (Å²) in [7, 11) is -0.719. The Labute approximate surface area is 83.2 Å². The third kappa shape index (κ3) is 43.5. The van der Waals surface area contributed by atoms with Gasteiger partial charge in [0, 0.05) is 13.1 Å². The normalized spacial score (nSPS) is 10.4. The van der Waals surface area contributed by atoms with E-state index < -0.39 is 10.4 Å². The molecule has 0 unspecified atom stereocenters. The first-order valence-electron chi connectivity index (χ1n) is 3.55. The summed E-state index contributed by atoms with van der Waals surface area (Å²) in [6.07, 6.45) is 0. The number of rotatable bonds is 3. The van der Waals surface area contributed by atoms with Gasteiger partial charge in [-0.05, 0) is 14.1 Å². The van der Waals surface area contributed by atoms with E-state index in [2.05, 4.69) is 5.32 Å². The van der Waals surface area contributed by atoms with E-state index in [0.717, 1.165) is 13.1 Å². The smallest absolute Gasteiger partial charge is 0.370 e. The van der Waals surface area contributed by atoms with Crippen LogP contribution in [0.2, 0.25) is 0 Å². The van der Waals surface area contributed by atoms with Crippen molar-refractivity contribution >= 4 is 16.4 Å². The Hall–Kier alpha value is -0.900. The molecule has 0 aliphatic heterocycles. The van der Waals surface area contributed by atoms with Crippen molar-refractivity contribution in [3.05, 3.63) is 0 Å². The minimum atomic E-state index is -4.67. The molecule has 0 spiro atoms. The van der Waals surface area contributed by atoms with Crippen LogP contribution in [0.4, 0.5) is 0 Å². The molecule has 0 aliphatic rings. The van der Waals surface area contributed by atoms with Crippen LogP contribution in [0.15, 0.2) is 0 Å². The van der Waals surface area contributed by atoms with Gasteiger partial charge in [-0.1, -0.05) is 0 Å². The zero-order valence-corrected chi connectivity index (χ0v) is 8.87. The van der Waals surface area contributed by atoms with Crippen LogP contribution in [-0.2, 0) is 10.4 Å². The summed E-state index contributed by atoms with van der Waals surface area (Å²) in [5.74, 6) is 0.0388. The van der Waals surface area contributed by atoms with E-state index in [1.54, 1.807) is 0 Å². The van der Waals surface area contributed by atoms with E-state index in [-0.39, 0.29) is 5.96 Å². The molecule has 8 nitrogen and oxygen atoms in total. The summed E-state index contributed by atoms with van der Waals surface area (Å²) in [6.45, 7) is 1.64. The Morgan fingerprint density at radius 2 is 1.86 bits per heavy atom. The lowest BCUT2D eigenvalue weighted by Gasteiger charge is -2.09. The molecular formula is C5H16N4O4S. The highest BCUT2D eigenvalue weighted by Gasteiger charge is 1.88. The van der Waals surface area contributed by atoms with Crippen molar-refractivity contribution in [3.63, 3.8) is 0 Å². The first-order valence-corrected chi connectivity index (χ1v) is 4.95. The van der Waals surface area contributed by atoms with Crippen molar-refractivity contribution in [1.82, 2.24) is 10.2 Å². The van der Waals surface area contributed by atoms with Crippen molar-refractivity contribution < 1.29 is 17.5 Å². The Bertz CT molecular complexity index is 242. The Balaban J connectivity index is 0. The second-order valence-electron chi connectivity index (χ2n) is 2.59. The van der Waals surface area contributed by atoms with Gasteiger partial charge in [-0.25, -0.2) is 0 Å². The SMILES string of the molecule is CN(C)CCNC(=N)N.O=S(=O)(O)O. The van der Waals surface area contributed by atoms with Gasteiger partial charge in [-0.2, -0.15) is 8.42 Å². The molecule has 0 saturated carbocycles. The summed E-state index contributed by atoms with van der Waals surface area (Å²) in [4.78, 5) is 2.02. The molecule has 0 saturated heterocycles. The molecule has 86 valence electrons. The summed E-state index contributed by atoms with van der Waals surface area (Å²) in [5.41, 5.74) is 5.03. The van der Waals surface area contributed by atoms with E-state index in [1.165, 1.54) is 0 Å². The standard InChI is InChI=1S/C5H14N4.H2O4S/c1-9(2)4-3-8-5(6)7;1-5(2,3)4/h3-4H2,1-2H3,(H4,6,7,8);(H2,1,2,3,4). The second kappa shape index (κ2) is 7.50. The number of nitrogens with one attached hydrogen (secondary N) is 2. The maximum Gasteiger partial charge on any atom is 0.394 e. The van der Waals surface area contributed by atoms with E-state index in [4.69, 9.17) is 28.7 Å². The molecule has 0 aliphatic carbocycles. The maximum absolute atomic E-state index is 8.74. The summed E-state index contributed by atoms with van der Waals surface area (Å²) in [5, 5.41) is 9.48. The highest BCUT2D eigenvalue weighted by atomic mass is 32.3. The highest BCUT2D eigenvalue weighted by molar-refractivity contribution is 7.79. The van der Waals surface area contributed by atoms with E-state index >= 15 is 0 Å². The monoisotopic (exact) mass is 228 g/mol. The first kappa shape index (κ1) is 15.6. The zero-order chi connectivity index (χ0) is 11.8. The molecule has 14 heavy (non-hydrogen) atoms. The quantitative estimate of drug-likeness (QED) is 0.222. The molecule has 0 atom stereocenters. The number of likely N-dealkylation sites (N-methyl/N-ethyl adjacent to an activating group) is 1. The molecule has 0 aromatic rings. The fraction of sp³-hybridized carbons (Fsp3) is 0.800. The van der Waals surface area contributed by atoms with Gasteiger partial charge >= 0.3 is 10.4 Å². The lowest BCUT2D eigenvalue weighted by molar-refractivity contribution is 0.381. The summed E-state index contributed by atoms with van der Waals surface area (Å²) in [6, 6.07) is 0. The van der Waals surface area contributed by atoms with Crippen molar-refractivity contribution in [1.29, 1.82) is 5.41 Å². The van der Waals surface area contributed by atoms with Crippen LogP contribution < -0.4 is 11.1 Å². The minimum absolute atomic E-state index is 0.0388. The van der Waals surface area contributed by atoms with E-state index in [1.807, 2.05) is 19.0 Å². The van der Waals surface area contributed by atoms with Crippen molar-refractivity contribution in [3.8, 4) is 0 Å². The van der Waals surface area contributed by atoms with Gasteiger partial charge in [0.05, 0.1) is 0 Å². The molecule has 9 heteroatoms. The number of hydrogen-bond acceptors (Lipinski definition) is 4. The predicted octanol–water partition coefficient (Wildman–Crippen LogP) is -1.62. The largest absolute Gasteiger partial charge is 0.394 e. The van der Waals surface area contributed by atoms with Crippen LogP contribution in [0, 0.1) is 5.41 Å². The van der Waals surface area contributed by atoms with Gasteiger partial charge in [-0.3, -0.25) is 14.5 Å². The fourth-order valence-corrected chi connectivity index (χ4v) is 0.414. The Kier molecular flexibility index (Phi) is 8.34. The molecule has 0 heterocycles. The zero-order valence-electron chi connectivity index (χ0n) is 8.06. The third-order valence-corrected chi connectivity index (χ3v) is 0.874. The molecule has 0 aromatic heterocycles. The topological polar surface area (TPSA) is 140 Å². The first-order chi connectivity index (χ1) is 6.13. The van der Waals surface area contributed by atoms with Crippen LogP contribution in [0.5, 0.6) is 0 Å². The minimum Gasteiger partial charge on any atom is -0.370 e. The molecule has 6 N–H and O–H groups in total. The molecule has 0 rings (SSSR count). The van der Waals surface area contributed by atoms with Crippen LogP contribution in [-0.4, -0.2) is 55.6 Å². The Morgan fingerprint density at radius 1 is 1.50 bits per heavy atom. The maximum atomic E-state index is 8.74. The number of nitrogens with two attached hydrogens (primary N) is 1. The van der Waals surface area contributed by atoms with Crippen molar-refractivity contribution in [2.24, 2.45) is 5.73 Å². The van der Waals surface area contributed by atoms with Crippen molar-refractivity contribution in [2.45, 2.75) is 0 Å². The molecule has 0 amide bonds. The van der Waals surface area contributed by atoms with Crippen LogP contribution in [0.1, 0.15) is 0 Å². The average molecular weight is 228 g/mol. The van der Waals surface area contributed by atoms with Crippen molar-refractivity contribution in [2.75, 3.05) is 27.2 Å². The van der Waals surface area contributed by atoms with Gasteiger partial charge < -0.3 is 16.0 Å². The van der Waals surface area contributed by atoms with Gasteiger partial charge in [0.1, 0.15) is 0 Å². The summed E-state index contributed by atoms with van der Waals surface area (Å²) < 4.78 is 31.6. The lowest BCUT2D eigenvalue weighted by Crippen LogP contribution is -2.35. The van der Waals surface area contributed by atoms with E-state index in [9.17, 15) is 0 Å². The number of nitrogens with zero attached hydrogens (tertiary/aromatic N) is 1. The lowest BCUT2D eigenvalue weighted by atomic mass is 10.6. The van der Waals surface area contributed by atoms with Gasteiger partial charge in [0.15, 0.2) is 5.96 Å². The highest BCUT2D eigenvalue weighted by Crippen LogP contribution is 1.68. The van der Waals surface area contributed by atoms with Gasteiger partial charge in [0.2, 0.25) is 0 Å². The van der Waals surface area contributed by atoms with Crippen LogP contribution in [0.25, 0.3) is 0 Å². The third-order valence-electron chi connectivity index (χ3n) is 0.874. The van der Waals surface area contributed by atoms with Crippen LogP contribution in [0.3, 0.4) is 0 Å². The average Bonchev–Trinajstić information content (AvgIpc) is 1.80. The predicted molar refractivity (Wildman–Crippen MR) is 52.6 cm³/mol. The molecule has 0 bridgehead atoms. The van der Waals surface area contributed by atoms with Crippen LogP contribution >= 0.6 is 0 Å². The van der Waals surface area contributed by atoms with Gasteiger partial charge in [0.25, 0.3) is 0 Å². The van der Waals surface area contributed by atoms with Gasteiger partial charge in [-0.15, -0.1) is 0 Å². The molecule has 0 aromatic carbocycles. The molecule has 0 radical (unpaired) electrons. The second-order valence-corrected chi connectivity index (χ2v) is 3.49.